The summed E-state index contributed by atoms with van der Waals surface area (Å²) in [6.45, 7) is 9.93. The summed E-state index contributed by atoms with van der Waals surface area (Å²) in [6.07, 6.45) is 0. The van der Waals surface area contributed by atoms with Gasteiger partial charge in [0.05, 0.1) is 12.2 Å². The van der Waals surface area contributed by atoms with E-state index in [9.17, 15) is 9.90 Å². The molecule has 0 aliphatic rings. The Morgan fingerprint density at radius 3 is 2.35 bits per heavy atom. The predicted molar refractivity (Wildman–Crippen MR) is 93.0 cm³/mol. The van der Waals surface area contributed by atoms with E-state index in [1.54, 1.807) is 18.7 Å². The Kier molecular flexibility index (Phi) is 5.65. The van der Waals surface area contributed by atoms with Gasteiger partial charge in [-0.2, -0.15) is 0 Å². The lowest BCUT2D eigenvalue weighted by atomic mass is 10.1. The highest BCUT2D eigenvalue weighted by molar-refractivity contribution is 7.99. The van der Waals surface area contributed by atoms with Gasteiger partial charge in [0.25, 0.3) is 0 Å². The number of hydrogen-bond acceptors (Lipinski definition) is 4. The van der Waals surface area contributed by atoms with E-state index in [-0.39, 0.29) is 24.9 Å². The van der Waals surface area contributed by atoms with E-state index >= 15 is 0 Å². The van der Waals surface area contributed by atoms with E-state index in [1.165, 1.54) is 11.1 Å². The summed E-state index contributed by atoms with van der Waals surface area (Å²) in [6, 6.07) is 6.40. The van der Waals surface area contributed by atoms with Gasteiger partial charge in [-0.15, -0.1) is 0 Å². The fraction of sp³-hybridized carbons (Fsp3) is 0.444. The molecule has 4 nitrogen and oxygen atoms in total. The molecule has 0 spiro atoms. The van der Waals surface area contributed by atoms with Crippen molar-refractivity contribution in [3.63, 3.8) is 0 Å². The number of imidazole rings is 1. The third kappa shape index (κ3) is 4.24. The summed E-state index contributed by atoms with van der Waals surface area (Å²) >= 11 is 1.61. The third-order valence-corrected chi connectivity index (χ3v) is 4.60. The van der Waals surface area contributed by atoms with Gasteiger partial charge in [-0.3, -0.25) is 4.79 Å². The van der Waals surface area contributed by atoms with Crippen LogP contribution in [-0.2, 0) is 17.9 Å². The van der Waals surface area contributed by atoms with E-state index in [4.69, 9.17) is 0 Å². The molecule has 0 saturated heterocycles. The molecule has 0 bridgehead atoms. The minimum Gasteiger partial charge on any atom is -0.388 e. The van der Waals surface area contributed by atoms with Crippen LogP contribution in [0.4, 0.5) is 0 Å². The Balaban J connectivity index is 2.53. The van der Waals surface area contributed by atoms with Crippen molar-refractivity contribution in [3.8, 4) is 0 Å². The monoisotopic (exact) mass is 332 g/mol. The Hall–Kier alpha value is -1.59. The number of nitrogens with zero attached hydrogens (tertiary/aromatic N) is 2. The van der Waals surface area contributed by atoms with Crippen LogP contribution in [0.1, 0.15) is 49.3 Å². The highest BCUT2D eigenvalue weighted by Crippen LogP contribution is 2.35. The number of rotatable bonds is 6. The van der Waals surface area contributed by atoms with Gasteiger partial charge in [-0.1, -0.05) is 31.7 Å². The SMILES string of the molecule is CC(=O)Cn1c(CO)nc(C(C)C)c1Sc1cc(C)cc(C)c1. The summed E-state index contributed by atoms with van der Waals surface area (Å²) in [5, 5.41) is 10.5. The zero-order chi connectivity index (χ0) is 17.1. The lowest BCUT2D eigenvalue weighted by molar-refractivity contribution is -0.117. The molecule has 0 unspecified atom stereocenters. The smallest absolute Gasteiger partial charge is 0.149 e. The summed E-state index contributed by atoms with van der Waals surface area (Å²) in [5.74, 6) is 0.826. The first-order valence-corrected chi connectivity index (χ1v) is 8.59. The molecule has 2 aromatic rings. The van der Waals surface area contributed by atoms with Gasteiger partial charge >= 0.3 is 0 Å². The quantitative estimate of drug-likeness (QED) is 0.873. The molecule has 0 radical (unpaired) electrons. The molecule has 1 aromatic heterocycles. The van der Waals surface area contributed by atoms with Gasteiger partial charge in [0.15, 0.2) is 0 Å². The number of hydrogen-bond donors (Lipinski definition) is 1. The second kappa shape index (κ2) is 7.32. The molecule has 0 amide bonds. The molecule has 124 valence electrons. The molecule has 0 aliphatic carbocycles. The molecule has 0 saturated carbocycles. The summed E-state index contributed by atoms with van der Waals surface area (Å²) in [7, 11) is 0. The van der Waals surface area contributed by atoms with Gasteiger partial charge in [-0.05, 0) is 49.9 Å². The highest BCUT2D eigenvalue weighted by Gasteiger charge is 2.21. The van der Waals surface area contributed by atoms with Crippen LogP contribution in [0.25, 0.3) is 0 Å². The number of Topliss-reactive ketones (excluding diaryl/α,β-unsaturated/α-hetero) is 1. The average Bonchev–Trinajstić information content (AvgIpc) is 2.75. The Morgan fingerprint density at radius 1 is 1.26 bits per heavy atom. The van der Waals surface area contributed by atoms with E-state index in [0.717, 1.165) is 15.6 Å². The number of carbonyl (C=O) groups is 1. The number of aryl methyl sites for hydroxylation is 2. The summed E-state index contributed by atoms with van der Waals surface area (Å²) < 4.78 is 1.85. The van der Waals surface area contributed by atoms with Gasteiger partial charge in [0, 0.05) is 4.90 Å². The van der Waals surface area contributed by atoms with Gasteiger partial charge < -0.3 is 9.67 Å². The number of carbonyl (C=O) groups excluding carboxylic acids is 1. The molecule has 0 aliphatic heterocycles. The van der Waals surface area contributed by atoms with Crippen molar-refractivity contribution in [1.29, 1.82) is 0 Å². The van der Waals surface area contributed by atoms with Crippen LogP contribution in [0.15, 0.2) is 28.1 Å². The van der Waals surface area contributed by atoms with E-state index in [1.807, 2.05) is 4.57 Å². The number of benzene rings is 1. The van der Waals surface area contributed by atoms with E-state index < -0.39 is 0 Å². The zero-order valence-corrected chi connectivity index (χ0v) is 15.2. The van der Waals surface area contributed by atoms with Crippen LogP contribution in [-0.4, -0.2) is 20.4 Å². The molecule has 1 aromatic carbocycles. The fourth-order valence-electron chi connectivity index (χ4n) is 2.60. The average molecular weight is 332 g/mol. The first kappa shape index (κ1) is 17.8. The molecule has 0 atom stereocenters. The van der Waals surface area contributed by atoms with Crippen molar-refractivity contribution in [2.75, 3.05) is 0 Å². The molecule has 0 fully saturated rings. The largest absolute Gasteiger partial charge is 0.388 e. The normalized spacial score (nSPS) is 11.3. The fourth-order valence-corrected chi connectivity index (χ4v) is 3.97. The maximum absolute atomic E-state index is 11.6. The molecule has 1 heterocycles. The molecule has 2 rings (SSSR count). The van der Waals surface area contributed by atoms with Crippen LogP contribution >= 0.6 is 11.8 Å². The van der Waals surface area contributed by atoms with Crippen LogP contribution in [0.2, 0.25) is 0 Å². The third-order valence-electron chi connectivity index (χ3n) is 3.50. The minimum atomic E-state index is -0.166. The predicted octanol–water partition coefficient (Wildman–Crippen LogP) is 3.86. The lowest BCUT2D eigenvalue weighted by Crippen LogP contribution is -2.11. The molecule has 5 heteroatoms. The first-order valence-electron chi connectivity index (χ1n) is 7.77. The Bertz CT molecular complexity index is 700. The van der Waals surface area contributed by atoms with Crippen molar-refractivity contribution in [2.24, 2.45) is 0 Å². The number of aromatic nitrogens is 2. The van der Waals surface area contributed by atoms with E-state index in [0.29, 0.717) is 5.82 Å². The number of ketones is 1. The van der Waals surface area contributed by atoms with Crippen LogP contribution in [0.3, 0.4) is 0 Å². The van der Waals surface area contributed by atoms with Crippen molar-refractivity contribution >= 4 is 17.5 Å². The van der Waals surface area contributed by atoms with E-state index in [2.05, 4.69) is 50.9 Å². The zero-order valence-electron chi connectivity index (χ0n) is 14.4. The first-order chi connectivity index (χ1) is 10.8. The maximum atomic E-state index is 11.6. The second-order valence-corrected chi connectivity index (χ2v) is 7.31. The Morgan fingerprint density at radius 2 is 1.87 bits per heavy atom. The van der Waals surface area contributed by atoms with Crippen molar-refractivity contribution in [1.82, 2.24) is 9.55 Å². The maximum Gasteiger partial charge on any atom is 0.149 e. The summed E-state index contributed by atoms with van der Waals surface area (Å²) in [4.78, 5) is 17.3. The number of aliphatic hydroxyl groups is 1. The minimum absolute atomic E-state index is 0.0506. The Labute approximate surface area is 141 Å². The highest BCUT2D eigenvalue weighted by atomic mass is 32.2. The second-order valence-electron chi connectivity index (χ2n) is 6.24. The van der Waals surface area contributed by atoms with Crippen LogP contribution in [0.5, 0.6) is 0 Å². The van der Waals surface area contributed by atoms with Crippen molar-refractivity contribution in [3.05, 3.63) is 40.8 Å². The standard InChI is InChI=1S/C18H24N2O2S/c1-11(2)17-18(20(9-14(5)22)16(10-21)19-17)23-15-7-12(3)6-13(4)8-15/h6-8,11,21H,9-10H2,1-5H3. The molecule has 1 N–H and O–H groups in total. The summed E-state index contributed by atoms with van der Waals surface area (Å²) in [5.41, 5.74) is 3.34. The van der Waals surface area contributed by atoms with Crippen molar-refractivity contribution < 1.29 is 9.90 Å². The lowest BCUT2D eigenvalue weighted by Gasteiger charge is -2.12. The van der Waals surface area contributed by atoms with Gasteiger partial charge in [0.2, 0.25) is 0 Å². The van der Waals surface area contributed by atoms with Crippen molar-refractivity contribution in [2.45, 2.75) is 63.6 Å². The van der Waals surface area contributed by atoms with Crippen LogP contribution in [0, 0.1) is 13.8 Å². The molecule has 23 heavy (non-hydrogen) atoms. The molecular formula is C18H24N2O2S. The van der Waals surface area contributed by atoms with Gasteiger partial charge in [-0.25, -0.2) is 4.98 Å². The number of aliphatic hydroxyl groups excluding tert-OH is 1. The van der Waals surface area contributed by atoms with Gasteiger partial charge in [0.1, 0.15) is 23.2 Å². The van der Waals surface area contributed by atoms with Crippen LogP contribution < -0.4 is 0 Å². The topological polar surface area (TPSA) is 55.1 Å². The molecular weight excluding hydrogens is 308 g/mol.